The monoisotopic (exact) mass is 256 g/mol. The molecule has 1 saturated heterocycles. The molecule has 3 N–H and O–H groups in total. The van der Waals surface area contributed by atoms with Gasteiger partial charge in [-0.1, -0.05) is 12.8 Å². The Hall–Kier alpha value is -0.810. The minimum atomic E-state index is -0.189. The molecule has 0 bridgehead atoms. The predicted octanol–water partition coefficient (Wildman–Crippen LogP) is 1.02. The molecule has 2 rings (SSSR count). The number of nitrogens with one attached hydrogen (secondary N) is 2. The second-order valence-electron chi connectivity index (χ2n) is 5.58. The van der Waals surface area contributed by atoms with Crippen molar-refractivity contribution < 1.29 is 14.6 Å². The first kappa shape index (κ1) is 13.6. The van der Waals surface area contributed by atoms with Gasteiger partial charge >= 0.3 is 6.03 Å². The maximum atomic E-state index is 11.8. The lowest BCUT2D eigenvalue weighted by molar-refractivity contribution is -0.0139. The SMILES string of the molecule is O=C(NCC1(CO)CCOCC1)NC1CCCC1. The molecule has 1 aliphatic heterocycles. The van der Waals surface area contributed by atoms with Gasteiger partial charge in [-0.25, -0.2) is 4.79 Å². The second-order valence-corrected chi connectivity index (χ2v) is 5.58. The summed E-state index contributed by atoms with van der Waals surface area (Å²) in [6.45, 7) is 1.99. The Labute approximate surface area is 108 Å². The van der Waals surface area contributed by atoms with E-state index >= 15 is 0 Å². The Kier molecular flexibility index (Phi) is 4.83. The lowest BCUT2D eigenvalue weighted by Crippen LogP contribution is -2.48. The van der Waals surface area contributed by atoms with Crippen molar-refractivity contribution >= 4 is 6.03 Å². The Balaban J connectivity index is 1.73. The molecule has 1 saturated carbocycles. The van der Waals surface area contributed by atoms with Crippen molar-refractivity contribution in [2.45, 2.75) is 44.6 Å². The van der Waals surface area contributed by atoms with E-state index in [0.29, 0.717) is 25.8 Å². The van der Waals surface area contributed by atoms with E-state index in [-0.39, 0.29) is 18.1 Å². The quantitative estimate of drug-likeness (QED) is 0.703. The van der Waals surface area contributed by atoms with Crippen LogP contribution in [0.3, 0.4) is 0 Å². The van der Waals surface area contributed by atoms with Crippen LogP contribution < -0.4 is 10.6 Å². The molecule has 104 valence electrons. The summed E-state index contributed by atoms with van der Waals surface area (Å²) in [5.74, 6) is 0. The van der Waals surface area contributed by atoms with Crippen LogP contribution in [0.5, 0.6) is 0 Å². The van der Waals surface area contributed by atoms with Crippen LogP contribution in [0, 0.1) is 5.41 Å². The highest BCUT2D eigenvalue weighted by Gasteiger charge is 2.32. The van der Waals surface area contributed by atoms with Crippen LogP contribution in [0.4, 0.5) is 4.79 Å². The van der Waals surface area contributed by atoms with E-state index in [4.69, 9.17) is 4.74 Å². The highest BCUT2D eigenvalue weighted by Crippen LogP contribution is 2.28. The maximum absolute atomic E-state index is 11.8. The van der Waals surface area contributed by atoms with Crippen LogP contribution >= 0.6 is 0 Å². The number of aliphatic hydroxyl groups excluding tert-OH is 1. The fourth-order valence-corrected chi connectivity index (χ4v) is 2.77. The molecule has 0 aromatic rings. The lowest BCUT2D eigenvalue weighted by Gasteiger charge is -2.35. The average molecular weight is 256 g/mol. The minimum absolute atomic E-state index is 0.0961. The van der Waals surface area contributed by atoms with Crippen molar-refractivity contribution in [1.29, 1.82) is 0 Å². The fourth-order valence-electron chi connectivity index (χ4n) is 2.77. The summed E-state index contributed by atoms with van der Waals surface area (Å²) < 4.78 is 5.30. The van der Waals surface area contributed by atoms with Gasteiger partial charge in [0.1, 0.15) is 0 Å². The molecular weight excluding hydrogens is 232 g/mol. The van der Waals surface area contributed by atoms with Gasteiger partial charge in [0.15, 0.2) is 0 Å². The number of hydrogen-bond donors (Lipinski definition) is 3. The number of ether oxygens (including phenoxy) is 1. The summed E-state index contributed by atoms with van der Waals surface area (Å²) in [6.07, 6.45) is 6.23. The first-order valence-corrected chi connectivity index (χ1v) is 6.97. The standard InChI is InChI=1S/C13H24N2O3/c16-10-13(5-7-18-8-6-13)9-14-12(17)15-11-3-1-2-4-11/h11,16H,1-10H2,(H2,14,15,17). The van der Waals surface area contributed by atoms with Crippen molar-refractivity contribution in [2.75, 3.05) is 26.4 Å². The molecule has 0 unspecified atom stereocenters. The number of aliphatic hydroxyl groups is 1. The molecule has 1 aliphatic carbocycles. The van der Waals surface area contributed by atoms with Crippen molar-refractivity contribution in [3.05, 3.63) is 0 Å². The van der Waals surface area contributed by atoms with Gasteiger partial charge in [-0.3, -0.25) is 0 Å². The summed E-state index contributed by atoms with van der Waals surface area (Å²) in [5.41, 5.74) is -0.189. The fraction of sp³-hybridized carbons (Fsp3) is 0.923. The zero-order valence-electron chi connectivity index (χ0n) is 10.9. The second kappa shape index (κ2) is 6.38. The van der Waals surface area contributed by atoms with Crippen LogP contribution in [0.2, 0.25) is 0 Å². The Morgan fingerprint density at radius 2 is 1.94 bits per heavy atom. The van der Waals surface area contributed by atoms with Crippen molar-refractivity contribution in [3.63, 3.8) is 0 Å². The van der Waals surface area contributed by atoms with Gasteiger partial charge in [-0.15, -0.1) is 0 Å². The van der Waals surface area contributed by atoms with Crippen LogP contribution in [0.15, 0.2) is 0 Å². The molecule has 5 heteroatoms. The summed E-state index contributed by atoms with van der Waals surface area (Å²) in [7, 11) is 0. The first-order chi connectivity index (χ1) is 8.74. The number of carbonyl (C=O) groups excluding carboxylic acids is 1. The normalized spacial score (nSPS) is 23.8. The van der Waals surface area contributed by atoms with E-state index in [9.17, 15) is 9.90 Å². The van der Waals surface area contributed by atoms with E-state index in [2.05, 4.69) is 10.6 Å². The number of amides is 2. The third-order valence-electron chi connectivity index (χ3n) is 4.20. The van der Waals surface area contributed by atoms with Crippen molar-refractivity contribution in [3.8, 4) is 0 Å². The largest absolute Gasteiger partial charge is 0.396 e. The molecule has 0 spiro atoms. The number of urea groups is 1. The van der Waals surface area contributed by atoms with Crippen molar-refractivity contribution in [1.82, 2.24) is 10.6 Å². The van der Waals surface area contributed by atoms with E-state index in [1.807, 2.05) is 0 Å². The summed E-state index contributed by atoms with van der Waals surface area (Å²) in [4.78, 5) is 11.8. The number of hydrogen-bond acceptors (Lipinski definition) is 3. The zero-order valence-corrected chi connectivity index (χ0v) is 10.9. The van der Waals surface area contributed by atoms with E-state index in [0.717, 1.165) is 25.7 Å². The van der Waals surface area contributed by atoms with Gasteiger partial charge < -0.3 is 20.5 Å². The van der Waals surface area contributed by atoms with E-state index < -0.39 is 0 Å². The first-order valence-electron chi connectivity index (χ1n) is 6.97. The topological polar surface area (TPSA) is 70.6 Å². The van der Waals surface area contributed by atoms with Crippen molar-refractivity contribution in [2.24, 2.45) is 5.41 Å². The smallest absolute Gasteiger partial charge is 0.315 e. The molecule has 0 aromatic heterocycles. The predicted molar refractivity (Wildman–Crippen MR) is 68.4 cm³/mol. The minimum Gasteiger partial charge on any atom is -0.396 e. The van der Waals surface area contributed by atoms with Gasteiger partial charge in [-0.05, 0) is 25.7 Å². The molecule has 0 aromatic carbocycles. The zero-order chi connectivity index (χ0) is 12.8. The highest BCUT2D eigenvalue weighted by molar-refractivity contribution is 5.74. The van der Waals surface area contributed by atoms with Gasteiger partial charge in [0.25, 0.3) is 0 Å². The Bertz CT molecular complexity index is 271. The molecule has 0 atom stereocenters. The molecule has 5 nitrogen and oxygen atoms in total. The summed E-state index contributed by atoms with van der Waals surface area (Å²) in [5, 5.41) is 15.4. The Morgan fingerprint density at radius 1 is 1.28 bits per heavy atom. The molecule has 2 amide bonds. The van der Waals surface area contributed by atoms with Gasteiger partial charge in [0, 0.05) is 31.2 Å². The van der Waals surface area contributed by atoms with Crippen LogP contribution in [-0.2, 0) is 4.74 Å². The third-order valence-corrected chi connectivity index (χ3v) is 4.20. The van der Waals surface area contributed by atoms with Crippen LogP contribution in [0.1, 0.15) is 38.5 Å². The molecule has 0 radical (unpaired) electrons. The Morgan fingerprint density at radius 3 is 2.56 bits per heavy atom. The van der Waals surface area contributed by atoms with E-state index in [1.54, 1.807) is 0 Å². The summed E-state index contributed by atoms with van der Waals surface area (Å²) in [6, 6.07) is 0.242. The van der Waals surface area contributed by atoms with E-state index in [1.165, 1.54) is 12.8 Å². The highest BCUT2D eigenvalue weighted by atomic mass is 16.5. The average Bonchev–Trinajstić information content (AvgIpc) is 2.90. The third kappa shape index (κ3) is 3.59. The van der Waals surface area contributed by atoms with Gasteiger partial charge in [0.05, 0.1) is 6.61 Å². The van der Waals surface area contributed by atoms with Gasteiger partial charge in [0.2, 0.25) is 0 Å². The molecular formula is C13H24N2O3. The van der Waals surface area contributed by atoms with Crippen LogP contribution in [-0.4, -0.2) is 43.5 Å². The molecule has 1 heterocycles. The molecule has 2 aliphatic rings. The van der Waals surface area contributed by atoms with Crippen LogP contribution in [0.25, 0.3) is 0 Å². The lowest BCUT2D eigenvalue weighted by atomic mass is 9.81. The summed E-state index contributed by atoms with van der Waals surface area (Å²) >= 11 is 0. The molecule has 2 fully saturated rings. The van der Waals surface area contributed by atoms with Gasteiger partial charge in [-0.2, -0.15) is 0 Å². The molecule has 18 heavy (non-hydrogen) atoms. The number of rotatable bonds is 4. The maximum Gasteiger partial charge on any atom is 0.315 e. The number of carbonyl (C=O) groups is 1.